The van der Waals surface area contributed by atoms with Gasteiger partial charge in [0.05, 0.1) is 6.21 Å². The van der Waals surface area contributed by atoms with Crippen molar-refractivity contribution >= 4 is 35.5 Å². The summed E-state index contributed by atoms with van der Waals surface area (Å²) in [7, 11) is 0. The Morgan fingerprint density at radius 1 is 0.929 bits per heavy atom. The minimum Gasteiger partial charge on any atom is -0.484 e. The number of nitrogens with two attached hydrogens (primary N) is 2. The highest BCUT2D eigenvalue weighted by atomic mass is 16.5. The van der Waals surface area contributed by atoms with Crippen LogP contribution in [-0.4, -0.2) is 36.5 Å². The van der Waals surface area contributed by atoms with Crippen LogP contribution in [0.1, 0.15) is 15.9 Å². The Bertz CT molecular complexity index is 907. The van der Waals surface area contributed by atoms with Gasteiger partial charge < -0.3 is 21.5 Å². The molecule has 0 aliphatic heterocycles. The molecular weight excluding hydrogens is 366 g/mol. The molecule has 10 nitrogen and oxygen atoms in total. The van der Waals surface area contributed by atoms with Crippen molar-refractivity contribution in [3.63, 3.8) is 0 Å². The van der Waals surface area contributed by atoms with Crippen LogP contribution in [0.3, 0.4) is 0 Å². The number of nitrogens with zero attached hydrogens (tertiary/aromatic N) is 1. The Hall–Kier alpha value is -4.21. The van der Waals surface area contributed by atoms with Crippen LogP contribution in [0.4, 0.5) is 5.69 Å². The second-order valence-electron chi connectivity index (χ2n) is 5.42. The first-order valence-corrected chi connectivity index (χ1v) is 7.90. The van der Waals surface area contributed by atoms with Gasteiger partial charge in [-0.2, -0.15) is 5.10 Å². The fourth-order valence-corrected chi connectivity index (χ4v) is 1.93. The maximum Gasteiger partial charge on any atom is 0.329 e. The van der Waals surface area contributed by atoms with E-state index in [1.807, 2.05) is 0 Å². The average molecular weight is 383 g/mol. The predicted octanol–water partition coefficient (Wildman–Crippen LogP) is -0.262. The Kier molecular flexibility index (Phi) is 6.81. The molecule has 0 saturated carbocycles. The summed E-state index contributed by atoms with van der Waals surface area (Å²) in [5, 5.41) is 6.04. The van der Waals surface area contributed by atoms with E-state index < -0.39 is 23.6 Å². The number of benzene rings is 2. The van der Waals surface area contributed by atoms with Gasteiger partial charge in [-0.15, -0.1) is 0 Å². The molecule has 0 fully saturated rings. The lowest BCUT2D eigenvalue weighted by Crippen LogP contribution is -2.32. The number of carbonyl (C=O) groups excluding carboxylic acids is 4. The van der Waals surface area contributed by atoms with Gasteiger partial charge in [0.25, 0.3) is 5.91 Å². The van der Waals surface area contributed by atoms with E-state index in [-0.39, 0.29) is 12.2 Å². The zero-order valence-corrected chi connectivity index (χ0v) is 14.5. The number of anilines is 1. The highest BCUT2D eigenvalue weighted by molar-refractivity contribution is 6.39. The summed E-state index contributed by atoms with van der Waals surface area (Å²) in [6.45, 7) is -0.232. The molecule has 6 N–H and O–H groups in total. The number of nitrogens with one attached hydrogen (secondary N) is 2. The first-order valence-electron chi connectivity index (χ1n) is 7.90. The normalized spacial score (nSPS) is 10.3. The molecule has 0 bridgehead atoms. The van der Waals surface area contributed by atoms with Crippen LogP contribution >= 0.6 is 0 Å². The van der Waals surface area contributed by atoms with E-state index >= 15 is 0 Å². The van der Waals surface area contributed by atoms with E-state index in [0.717, 1.165) is 0 Å². The Morgan fingerprint density at radius 2 is 1.57 bits per heavy atom. The molecule has 2 aromatic rings. The van der Waals surface area contributed by atoms with Gasteiger partial charge in [-0.05, 0) is 54.1 Å². The topological polar surface area (TPSA) is 166 Å². The number of hydrazone groups is 1. The number of hydrogen-bond donors (Lipinski definition) is 4. The van der Waals surface area contributed by atoms with E-state index in [2.05, 4.69) is 15.8 Å². The number of carbonyl (C=O) groups is 4. The molecule has 0 aromatic heterocycles. The molecule has 28 heavy (non-hydrogen) atoms. The van der Waals surface area contributed by atoms with Crippen LogP contribution in [-0.2, 0) is 14.4 Å². The first-order chi connectivity index (χ1) is 13.3. The quantitative estimate of drug-likeness (QED) is 0.293. The van der Waals surface area contributed by atoms with Gasteiger partial charge in [0, 0.05) is 11.3 Å². The number of amides is 4. The molecule has 144 valence electrons. The molecule has 0 unspecified atom stereocenters. The van der Waals surface area contributed by atoms with Crippen LogP contribution in [0.25, 0.3) is 0 Å². The van der Waals surface area contributed by atoms with Crippen molar-refractivity contribution in [1.82, 2.24) is 5.43 Å². The Balaban J connectivity index is 1.84. The molecule has 0 aliphatic carbocycles. The van der Waals surface area contributed by atoms with Crippen molar-refractivity contribution in [3.05, 3.63) is 59.7 Å². The molecule has 0 radical (unpaired) electrons. The minimum absolute atomic E-state index is 0.232. The maximum atomic E-state index is 11.8. The van der Waals surface area contributed by atoms with Gasteiger partial charge in [-0.25, -0.2) is 5.43 Å². The molecule has 0 aliphatic rings. The number of ether oxygens (including phenoxy) is 1. The fraction of sp³-hybridized carbons (Fsp3) is 0.0556. The van der Waals surface area contributed by atoms with E-state index in [1.54, 1.807) is 24.3 Å². The summed E-state index contributed by atoms with van der Waals surface area (Å²) in [5.41, 5.74) is 13.4. The van der Waals surface area contributed by atoms with E-state index in [4.69, 9.17) is 16.2 Å². The molecule has 0 saturated heterocycles. The highest BCUT2D eigenvalue weighted by Crippen LogP contribution is 2.11. The molecular formula is C18H17N5O5. The van der Waals surface area contributed by atoms with Gasteiger partial charge >= 0.3 is 11.8 Å². The largest absolute Gasteiger partial charge is 0.484 e. The number of hydrogen-bond acceptors (Lipinski definition) is 6. The van der Waals surface area contributed by atoms with Crippen LogP contribution in [0.2, 0.25) is 0 Å². The summed E-state index contributed by atoms with van der Waals surface area (Å²) in [4.78, 5) is 45.2. The van der Waals surface area contributed by atoms with Gasteiger partial charge in [0.1, 0.15) is 5.75 Å². The number of rotatable bonds is 7. The summed E-state index contributed by atoms with van der Waals surface area (Å²) in [6, 6.07) is 12.2. The zero-order valence-electron chi connectivity index (χ0n) is 14.5. The molecule has 0 spiro atoms. The minimum atomic E-state index is -0.975. The van der Waals surface area contributed by atoms with Crippen molar-refractivity contribution in [1.29, 1.82) is 0 Å². The molecule has 2 aromatic carbocycles. The number of primary amides is 2. The van der Waals surface area contributed by atoms with Crippen molar-refractivity contribution < 1.29 is 23.9 Å². The summed E-state index contributed by atoms with van der Waals surface area (Å²) < 4.78 is 5.11. The highest BCUT2D eigenvalue weighted by Gasteiger charge is 2.13. The summed E-state index contributed by atoms with van der Waals surface area (Å²) in [5.74, 6) is -2.65. The van der Waals surface area contributed by atoms with E-state index in [9.17, 15) is 19.2 Å². The average Bonchev–Trinajstić information content (AvgIpc) is 2.67. The van der Waals surface area contributed by atoms with Crippen molar-refractivity contribution in [2.24, 2.45) is 16.6 Å². The lowest BCUT2D eigenvalue weighted by atomic mass is 10.2. The second-order valence-corrected chi connectivity index (χ2v) is 5.42. The van der Waals surface area contributed by atoms with Crippen molar-refractivity contribution in [2.45, 2.75) is 0 Å². The Morgan fingerprint density at radius 3 is 2.14 bits per heavy atom. The third kappa shape index (κ3) is 6.26. The Labute approximate surface area is 159 Å². The molecule has 0 atom stereocenters. The monoisotopic (exact) mass is 383 g/mol. The van der Waals surface area contributed by atoms with E-state index in [0.29, 0.717) is 17.0 Å². The first kappa shape index (κ1) is 20.1. The maximum absolute atomic E-state index is 11.8. The lowest BCUT2D eigenvalue weighted by molar-refractivity contribution is -0.136. The molecule has 10 heteroatoms. The van der Waals surface area contributed by atoms with Gasteiger partial charge in [0.15, 0.2) is 6.61 Å². The van der Waals surface area contributed by atoms with E-state index in [1.165, 1.54) is 30.5 Å². The summed E-state index contributed by atoms with van der Waals surface area (Å²) >= 11 is 0. The van der Waals surface area contributed by atoms with Crippen molar-refractivity contribution in [3.8, 4) is 5.75 Å². The SMILES string of the molecule is NC(=O)COc1ccc(/C=N/NC(=O)C(=O)Nc2ccc(C(N)=O)cc2)cc1. The van der Waals surface area contributed by atoms with Crippen LogP contribution in [0.15, 0.2) is 53.6 Å². The standard InChI is InChI=1S/C18H17N5O5/c19-15(24)10-28-14-7-1-11(2-8-14)9-21-23-18(27)17(26)22-13-5-3-12(4-6-13)16(20)25/h1-9H,10H2,(H2,19,24)(H2,20,25)(H,22,26)(H,23,27)/b21-9+. The third-order valence-electron chi connectivity index (χ3n) is 3.27. The van der Waals surface area contributed by atoms with Crippen LogP contribution < -0.4 is 26.9 Å². The fourth-order valence-electron chi connectivity index (χ4n) is 1.93. The summed E-state index contributed by atoms with van der Waals surface area (Å²) in [6.07, 6.45) is 1.32. The second kappa shape index (κ2) is 9.48. The molecule has 4 amide bonds. The van der Waals surface area contributed by atoms with Crippen molar-refractivity contribution in [2.75, 3.05) is 11.9 Å². The zero-order chi connectivity index (χ0) is 20.5. The van der Waals surface area contributed by atoms with Crippen LogP contribution in [0, 0.1) is 0 Å². The molecule has 0 heterocycles. The van der Waals surface area contributed by atoms with Gasteiger partial charge in [0.2, 0.25) is 5.91 Å². The third-order valence-corrected chi connectivity index (χ3v) is 3.27. The van der Waals surface area contributed by atoms with Gasteiger partial charge in [-0.3, -0.25) is 19.2 Å². The molecule has 2 rings (SSSR count). The lowest BCUT2D eigenvalue weighted by Gasteiger charge is -2.05. The smallest absolute Gasteiger partial charge is 0.329 e. The van der Waals surface area contributed by atoms with Crippen LogP contribution in [0.5, 0.6) is 5.75 Å². The van der Waals surface area contributed by atoms with Gasteiger partial charge in [-0.1, -0.05) is 0 Å². The predicted molar refractivity (Wildman–Crippen MR) is 100 cm³/mol.